The quantitative estimate of drug-likeness (QED) is 0.848. The second kappa shape index (κ2) is 4.80. The Morgan fingerprint density at radius 1 is 1.26 bits per heavy atom. The summed E-state index contributed by atoms with van der Waals surface area (Å²) in [5.41, 5.74) is 8.83. The molecule has 4 heteroatoms. The van der Waals surface area contributed by atoms with Gasteiger partial charge >= 0.3 is 0 Å². The molecule has 0 atom stereocenters. The van der Waals surface area contributed by atoms with Crippen LogP contribution in [0, 0.1) is 0 Å². The number of hydrazine groups is 1. The highest BCUT2D eigenvalue weighted by molar-refractivity contribution is 6.03. The molecule has 19 heavy (non-hydrogen) atoms. The molecule has 2 aliphatic rings. The van der Waals surface area contributed by atoms with Crippen LogP contribution in [0.15, 0.2) is 58.6 Å². The van der Waals surface area contributed by atoms with Crippen LogP contribution in [0.1, 0.15) is 19.4 Å². The van der Waals surface area contributed by atoms with Crippen molar-refractivity contribution in [2.75, 3.05) is 13.1 Å². The van der Waals surface area contributed by atoms with E-state index in [4.69, 9.17) is 4.99 Å². The molecule has 0 fully saturated rings. The molecule has 2 N–H and O–H groups in total. The minimum Gasteiger partial charge on any atom is -0.383 e. The maximum Gasteiger partial charge on any atom is 0.110 e. The van der Waals surface area contributed by atoms with E-state index in [1.54, 1.807) is 0 Å². The second-order valence-corrected chi connectivity index (χ2v) is 4.66. The summed E-state index contributed by atoms with van der Waals surface area (Å²) in [6.45, 7) is 5.85. The third-order valence-electron chi connectivity index (χ3n) is 3.37. The van der Waals surface area contributed by atoms with Crippen LogP contribution < -0.4 is 10.7 Å². The van der Waals surface area contributed by atoms with Gasteiger partial charge in [-0.15, -0.1) is 0 Å². The van der Waals surface area contributed by atoms with E-state index in [1.165, 1.54) is 5.56 Å². The van der Waals surface area contributed by atoms with E-state index in [2.05, 4.69) is 41.7 Å². The Morgan fingerprint density at radius 2 is 2.05 bits per heavy atom. The molecule has 4 nitrogen and oxygen atoms in total. The highest BCUT2D eigenvalue weighted by Crippen LogP contribution is 2.26. The van der Waals surface area contributed by atoms with Crippen LogP contribution >= 0.6 is 0 Å². The average Bonchev–Trinajstić information content (AvgIpc) is 2.65. The molecule has 3 rings (SSSR count). The predicted octanol–water partition coefficient (Wildman–Crippen LogP) is 1.99. The summed E-state index contributed by atoms with van der Waals surface area (Å²) in [7, 11) is 0. The molecule has 0 aliphatic carbocycles. The van der Waals surface area contributed by atoms with E-state index in [-0.39, 0.29) is 0 Å². The predicted molar refractivity (Wildman–Crippen MR) is 77.3 cm³/mol. The number of fused-ring (bicyclic) bond motifs is 1. The third kappa shape index (κ3) is 2.10. The molecular weight excluding hydrogens is 236 g/mol. The first-order chi connectivity index (χ1) is 9.29. The molecule has 0 radical (unpaired) electrons. The van der Waals surface area contributed by atoms with Gasteiger partial charge in [-0.1, -0.05) is 30.3 Å². The van der Waals surface area contributed by atoms with Crippen molar-refractivity contribution < 1.29 is 0 Å². The number of nitrogens with one attached hydrogen (secondary N) is 2. The summed E-state index contributed by atoms with van der Waals surface area (Å²) < 4.78 is 0. The van der Waals surface area contributed by atoms with Crippen molar-refractivity contribution in [3.05, 3.63) is 59.2 Å². The summed E-state index contributed by atoms with van der Waals surface area (Å²) in [5, 5.41) is 5.45. The minimum absolute atomic E-state index is 0.752. The number of hydrogen-bond acceptors (Lipinski definition) is 4. The van der Waals surface area contributed by atoms with Crippen LogP contribution in [0.5, 0.6) is 0 Å². The molecule has 0 saturated carbocycles. The van der Waals surface area contributed by atoms with E-state index in [1.807, 2.05) is 24.4 Å². The van der Waals surface area contributed by atoms with E-state index in [9.17, 15) is 0 Å². The van der Waals surface area contributed by atoms with Crippen LogP contribution in [0.4, 0.5) is 0 Å². The van der Waals surface area contributed by atoms with Gasteiger partial charge in [-0.25, -0.2) is 4.99 Å². The number of rotatable bonds is 2. The molecule has 1 aromatic carbocycles. The number of hydrogen-bond donors (Lipinski definition) is 2. The zero-order valence-corrected chi connectivity index (χ0v) is 11.3. The summed E-state index contributed by atoms with van der Waals surface area (Å²) >= 11 is 0. The van der Waals surface area contributed by atoms with Gasteiger partial charge in [0, 0.05) is 12.7 Å². The first kappa shape index (κ1) is 11.8. The normalized spacial score (nSPS) is 18.1. The fraction of sp³-hybridized carbons (Fsp3) is 0.267. The van der Waals surface area contributed by atoms with Gasteiger partial charge in [0.2, 0.25) is 0 Å². The lowest BCUT2D eigenvalue weighted by molar-refractivity contribution is 0.318. The Hall–Kier alpha value is -2.23. The molecule has 98 valence electrons. The van der Waals surface area contributed by atoms with Gasteiger partial charge in [0.1, 0.15) is 11.4 Å². The lowest BCUT2D eigenvalue weighted by Gasteiger charge is -2.18. The lowest BCUT2D eigenvalue weighted by Crippen LogP contribution is -2.31. The van der Waals surface area contributed by atoms with Crippen LogP contribution in [0.3, 0.4) is 0 Å². The van der Waals surface area contributed by atoms with Gasteiger partial charge in [0.15, 0.2) is 0 Å². The van der Waals surface area contributed by atoms with Gasteiger partial charge in [-0.05, 0) is 19.4 Å². The maximum atomic E-state index is 4.85. The highest BCUT2D eigenvalue weighted by atomic mass is 15.5. The molecule has 0 spiro atoms. The van der Waals surface area contributed by atoms with E-state index in [0.29, 0.717) is 0 Å². The van der Waals surface area contributed by atoms with Crippen molar-refractivity contribution in [2.24, 2.45) is 4.99 Å². The monoisotopic (exact) mass is 254 g/mol. The maximum absolute atomic E-state index is 4.85. The number of nitrogens with zero attached hydrogens (tertiary/aromatic N) is 2. The Kier molecular flexibility index (Phi) is 2.99. The van der Waals surface area contributed by atoms with E-state index in [0.717, 1.165) is 35.9 Å². The zero-order valence-electron chi connectivity index (χ0n) is 11.3. The van der Waals surface area contributed by atoms with Crippen LogP contribution in [0.2, 0.25) is 0 Å². The molecule has 0 bridgehead atoms. The minimum atomic E-state index is 0.752. The fourth-order valence-electron chi connectivity index (χ4n) is 2.39. The van der Waals surface area contributed by atoms with Crippen molar-refractivity contribution in [2.45, 2.75) is 13.8 Å². The average molecular weight is 254 g/mol. The van der Waals surface area contributed by atoms with Gasteiger partial charge in [0.25, 0.3) is 0 Å². The SMILES string of the molecule is CCN1NC(C)=C2N=C(c3ccccc3)CNC=C21. The standard InChI is InChI=1S/C15H18N4/c1-3-19-14-10-16-9-13(12-7-5-4-6-8-12)17-15(14)11(2)18-19/h4-8,10,16,18H,3,9H2,1-2H3. The van der Waals surface area contributed by atoms with Crippen molar-refractivity contribution >= 4 is 5.71 Å². The van der Waals surface area contributed by atoms with Crippen LogP contribution in [-0.4, -0.2) is 23.8 Å². The summed E-state index contributed by atoms with van der Waals surface area (Å²) in [5.74, 6) is 0. The second-order valence-electron chi connectivity index (χ2n) is 4.66. The molecule has 0 saturated heterocycles. The van der Waals surface area contributed by atoms with E-state index < -0.39 is 0 Å². The van der Waals surface area contributed by atoms with Crippen molar-refractivity contribution in [1.82, 2.24) is 15.8 Å². The molecule has 1 aromatic rings. The highest BCUT2D eigenvalue weighted by Gasteiger charge is 2.25. The van der Waals surface area contributed by atoms with Crippen molar-refractivity contribution in [3.63, 3.8) is 0 Å². The summed E-state index contributed by atoms with van der Waals surface area (Å²) in [6, 6.07) is 10.3. The first-order valence-corrected chi connectivity index (χ1v) is 6.61. The summed E-state index contributed by atoms with van der Waals surface area (Å²) in [6.07, 6.45) is 2.04. The molecule has 2 heterocycles. The first-order valence-electron chi connectivity index (χ1n) is 6.61. The van der Waals surface area contributed by atoms with Gasteiger partial charge < -0.3 is 10.7 Å². The number of benzene rings is 1. The number of allylic oxidation sites excluding steroid dienone is 1. The fourth-order valence-corrected chi connectivity index (χ4v) is 2.39. The number of likely N-dealkylation sites (N-methyl/N-ethyl adjacent to an activating group) is 1. The molecule has 0 unspecified atom stereocenters. The van der Waals surface area contributed by atoms with Crippen molar-refractivity contribution in [3.8, 4) is 0 Å². The van der Waals surface area contributed by atoms with Gasteiger partial charge in [0.05, 0.1) is 18.0 Å². The topological polar surface area (TPSA) is 39.7 Å². The Balaban J connectivity index is 2.00. The Morgan fingerprint density at radius 3 is 2.79 bits per heavy atom. The number of aliphatic imine (C=N–C) groups is 1. The van der Waals surface area contributed by atoms with Gasteiger partial charge in [-0.2, -0.15) is 0 Å². The van der Waals surface area contributed by atoms with E-state index >= 15 is 0 Å². The summed E-state index contributed by atoms with van der Waals surface area (Å²) in [4.78, 5) is 4.85. The zero-order chi connectivity index (χ0) is 13.2. The lowest BCUT2D eigenvalue weighted by atomic mass is 10.1. The smallest absolute Gasteiger partial charge is 0.110 e. The molecule has 2 aliphatic heterocycles. The Labute approximate surface area is 113 Å². The Bertz CT molecular complexity index is 569. The third-order valence-corrected chi connectivity index (χ3v) is 3.37. The van der Waals surface area contributed by atoms with Crippen LogP contribution in [0.25, 0.3) is 0 Å². The van der Waals surface area contributed by atoms with Crippen LogP contribution in [-0.2, 0) is 0 Å². The molecule has 0 amide bonds. The molecule has 0 aromatic heterocycles. The largest absolute Gasteiger partial charge is 0.383 e. The molecular formula is C15H18N4. The van der Waals surface area contributed by atoms with Gasteiger partial charge in [-0.3, -0.25) is 5.01 Å². The van der Waals surface area contributed by atoms with Crippen molar-refractivity contribution in [1.29, 1.82) is 0 Å².